The minimum atomic E-state index is -0.337. The zero-order chi connectivity index (χ0) is 18.7. The van der Waals surface area contributed by atoms with Crippen molar-refractivity contribution in [3.63, 3.8) is 0 Å². The van der Waals surface area contributed by atoms with E-state index in [9.17, 15) is 4.79 Å². The number of nitrogens with one attached hydrogen (secondary N) is 2. The van der Waals surface area contributed by atoms with E-state index in [1.54, 1.807) is 25.3 Å². The molecule has 2 heterocycles. The Morgan fingerprint density at radius 3 is 2.65 bits per heavy atom. The number of pyridine rings is 1. The molecule has 26 heavy (non-hydrogen) atoms. The lowest BCUT2D eigenvalue weighted by Crippen LogP contribution is -2.14. The van der Waals surface area contributed by atoms with Crippen molar-refractivity contribution in [1.29, 1.82) is 0 Å². The largest absolute Gasteiger partial charge is 0.360 e. The molecule has 134 valence electrons. The van der Waals surface area contributed by atoms with E-state index in [2.05, 4.69) is 59.7 Å². The summed E-state index contributed by atoms with van der Waals surface area (Å²) < 4.78 is 4.96. The van der Waals surface area contributed by atoms with Crippen LogP contribution in [0, 0.1) is 13.8 Å². The van der Waals surface area contributed by atoms with Gasteiger partial charge in [-0.25, -0.2) is 0 Å². The van der Waals surface area contributed by atoms with E-state index in [1.807, 2.05) is 6.07 Å². The van der Waals surface area contributed by atoms with Gasteiger partial charge in [0.05, 0.1) is 0 Å². The number of aromatic nitrogens is 2. The van der Waals surface area contributed by atoms with Crippen molar-refractivity contribution >= 4 is 23.1 Å². The van der Waals surface area contributed by atoms with Gasteiger partial charge in [-0.3, -0.25) is 9.78 Å². The summed E-state index contributed by atoms with van der Waals surface area (Å²) >= 11 is 0. The third kappa shape index (κ3) is 3.91. The van der Waals surface area contributed by atoms with Crippen molar-refractivity contribution in [2.24, 2.45) is 0 Å². The molecule has 3 aromatic rings. The number of carbonyl (C=O) groups is 1. The molecule has 0 aliphatic heterocycles. The average Bonchev–Trinajstić information content (AvgIpc) is 3.01. The van der Waals surface area contributed by atoms with Crippen LogP contribution in [0.4, 0.5) is 17.2 Å². The molecule has 3 rings (SSSR count). The predicted octanol–water partition coefficient (Wildman–Crippen LogP) is 4.81. The summed E-state index contributed by atoms with van der Waals surface area (Å²) in [6.45, 7) is 8.15. The van der Waals surface area contributed by atoms with Gasteiger partial charge in [0.15, 0.2) is 5.82 Å². The minimum Gasteiger partial charge on any atom is -0.360 e. The molecule has 0 aliphatic carbocycles. The quantitative estimate of drug-likeness (QED) is 0.690. The number of benzene rings is 1. The molecule has 1 amide bonds. The number of amides is 1. The number of hydrogen-bond donors (Lipinski definition) is 2. The summed E-state index contributed by atoms with van der Waals surface area (Å²) in [4.78, 5) is 16.5. The van der Waals surface area contributed by atoms with Crippen molar-refractivity contribution in [2.45, 2.75) is 33.6 Å². The molecule has 0 unspecified atom stereocenters. The van der Waals surface area contributed by atoms with Crippen molar-refractivity contribution in [3.8, 4) is 0 Å². The average molecular weight is 350 g/mol. The number of hydrogen-bond acceptors (Lipinski definition) is 5. The summed E-state index contributed by atoms with van der Waals surface area (Å²) in [6, 6.07) is 11.5. The molecule has 0 atom stereocenters. The Labute approximate surface area is 152 Å². The van der Waals surface area contributed by atoms with Crippen LogP contribution in [0.5, 0.6) is 0 Å². The highest BCUT2D eigenvalue weighted by Gasteiger charge is 2.13. The van der Waals surface area contributed by atoms with Crippen LogP contribution >= 0.6 is 0 Å². The zero-order valence-electron chi connectivity index (χ0n) is 15.3. The number of anilines is 3. The maximum atomic E-state index is 12.4. The van der Waals surface area contributed by atoms with E-state index in [0.717, 1.165) is 16.9 Å². The number of aryl methyl sites for hydroxylation is 2. The standard InChI is InChI=1S/C20H22N4O2/c1-12(2)16-7-5-6-13(3)19(16)22-15-8-9-21-17(11-15)20(25)23-18-10-14(4)26-24-18/h5-12H,1-4H3,(H,21,22)(H,23,24,25). The van der Waals surface area contributed by atoms with Gasteiger partial charge in [0.25, 0.3) is 5.91 Å². The first kappa shape index (κ1) is 17.7. The number of nitrogens with zero attached hydrogens (tertiary/aromatic N) is 2. The van der Waals surface area contributed by atoms with Crippen LogP contribution in [-0.2, 0) is 0 Å². The third-order valence-corrected chi connectivity index (χ3v) is 4.06. The molecule has 0 saturated heterocycles. The van der Waals surface area contributed by atoms with Gasteiger partial charge in [-0.05, 0) is 43.0 Å². The van der Waals surface area contributed by atoms with E-state index >= 15 is 0 Å². The van der Waals surface area contributed by atoms with Crippen molar-refractivity contribution in [3.05, 3.63) is 65.2 Å². The summed E-state index contributed by atoms with van der Waals surface area (Å²) in [5, 5.41) is 9.87. The van der Waals surface area contributed by atoms with Crippen molar-refractivity contribution in [2.75, 3.05) is 10.6 Å². The topological polar surface area (TPSA) is 80.0 Å². The van der Waals surface area contributed by atoms with Gasteiger partial charge in [0.2, 0.25) is 0 Å². The molecule has 0 spiro atoms. The first-order chi connectivity index (χ1) is 12.4. The summed E-state index contributed by atoms with van der Waals surface area (Å²) in [5.74, 6) is 1.05. The molecule has 0 aliphatic rings. The molecule has 2 aromatic heterocycles. The molecule has 1 aromatic carbocycles. The number of carbonyl (C=O) groups excluding carboxylic acids is 1. The van der Waals surface area contributed by atoms with Gasteiger partial charge < -0.3 is 15.2 Å². The number of para-hydroxylation sites is 1. The summed E-state index contributed by atoms with van der Waals surface area (Å²) in [5.41, 5.74) is 4.54. The lowest BCUT2D eigenvalue weighted by atomic mass is 9.98. The van der Waals surface area contributed by atoms with Crippen LogP contribution in [0.3, 0.4) is 0 Å². The van der Waals surface area contributed by atoms with Gasteiger partial charge >= 0.3 is 0 Å². The highest BCUT2D eigenvalue weighted by molar-refractivity contribution is 6.02. The van der Waals surface area contributed by atoms with Crippen LogP contribution in [-0.4, -0.2) is 16.0 Å². The molecular formula is C20H22N4O2. The molecule has 6 nitrogen and oxygen atoms in total. The Morgan fingerprint density at radius 2 is 1.96 bits per heavy atom. The van der Waals surface area contributed by atoms with Crippen molar-refractivity contribution < 1.29 is 9.32 Å². The molecule has 0 fully saturated rings. The van der Waals surface area contributed by atoms with Gasteiger partial charge in [0.1, 0.15) is 11.5 Å². The van der Waals surface area contributed by atoms with Crippen molar-refractivity contribution in [1.82, 2.24) is 10.1 Å². The highest BCUT2D eigenvalue weighted by atomic mass is 16.5. The van der Waals surface area contributed by atoms with E-state index in [1.165, 1.54) is 5.56 Å². The first-order valence-corrected chi connectivity index (χ1v) is 8.51. The highest BCUT2D eigenvalue weighted by Crippen LogP contribution is 2.30. The normalized spacial score (nSPS) is 10.8. The molecular weight excluding hydrogens is 328 g/mol. The van der Waals surface area contributed by atoms with Crippen LogP contribution in [0.15, 0.2) is 47.1 Å². The van der Waals surface area contributed by atoms with Gasteiger partial charge in [-0.15, -0.1) is 0 Å². The van der Waals surface area contributed by atoms with Crippen LogP contribution in [0.2, 0.25) is 0 Å². The van der Waals surface area contributed by atoms with Gasteiger partial charge in [-0.2, -0.15) is 0 Å². The van der Waals surface area contributed by atoms with Gasteiger partial charge in [0, 0.05) is 23.6 Å². The zero-order valence-corrected chi connectivity index (χ0v) is 15.3. The lowest BCUT2D eigenvalue weighted by molar-refractivity contribution is 0.102. The Bertz CT molecular complexity index is 931. The maximum absolute atomic E-state index is 12.4. The Hall–Kier alpha value is -3.15. The number of rotatable bonds is 5. The fraction of sp³-hybridized carbons (Fsp3) is 0.250. The molecule has 0 radical (unpaired) electrons. The molecule has 0 bridgehead atoms. The molecule has 6 heteroatoms. The second-order valence-electron chi connectivity index (χ2n) is 6.53. The summed E-state index contributed by atoms with van der Waals surface area (Å²) in [6.07, 6.45) is 1.61. The molecule has 0 saturated carbocycles. The first-order valence-electron chi connectivity index (χ1n) is 8.51. The van der Waals surface area contributed by atoms with E-state index in [4.69, 9.17) is 4.52 Å². The van der Waals surface area contributed by atoms with Crippen LogP contribution in [0.25, 0.3) is 0 Å². The second-order valence-corrected chi connectivity index (χ2v) is 6.53. The molecule has 2 N–H and O–H groups in total. The van der Waals surface area contributed by atoms with Crippen LogP contribution < -0.4 is 10.6 Å². The predicted molar refractivity (Wildman–Crippen MR) is 102 cm³/mol. The Kier molecular flexibility index (Phi) is 5.02. The van der Waals surface area contributed by atoms with Crippen LogP contribution in [0.1, 0.15) is 47.1 Å². The summed E-state index contributed by atoms with van der Waals surface area (Å²) in [7, 11) is 0. The lowest BCUT2D eigenvalue weighted by Gasteiger charge is -2.17. The second kappa shape index (κ2) is 7.39. The van der Waals surface area contributed by atoms with E-state index in [-0.39, 0.29) is 5.91 Å². The minimum absolute atomic E-state index is 0.301. The Morgan fingerprint density at radius 1 is 1.15 bits per heavy atom. The van der Waals surface area contributed by atoms with E-state index < -0.39 is 0 Å². The SMILES string of the molecule is Cc1cc(NC(=O)c2cc(Nc3c(C)cccc3C(C)C)ccn2)no1. The monoisotopic (exact) mass is 350 g/mol. The fourth-order valence-corrected chi connectivity index (χ4v) is 2.72. The fourth-order valence-electron chi connectivity index (χ4n) is 2.72. The smallest absolute Gasteiger partial charge is 0.275 e. The Balaban J connectivity index is 1.83. The third-order valence-electron chi connectivity index (χ3n) is 4.06. The van der Waals surface area contributed by atoms with E-state index in [0.29, 0.717) is 23.2 Å². The maximum Gasteiger partial charge on any atom is 0.275 e. The van der Waals surface area contributed by atoms with Gasteiger partial charge in [-0.1, -0.05) is 37.2 Å².